The summed E-state index contributed by atoms with van der Waals surface area (Å²) in [4.78, 5) is 12.4. The third-order valence-electron chi connectivity index (χ3n) is 4.61. The standard InChI is InChI=1S/C20H24N2O4S/c1-15-13-16-7-3-4-10-19(16)22(15)27(24,25)18-9-5-8-17(14-18)20(23)21-11-6-12-26-2/h3-5,7-10,14-15H,6,11-13H2,1-2H3,(H,21,23). The number of carbonyl (C=O) groups excluding carboxylic acids is 1. The van der Waals surface area contributed by atoms with Crippen LogP contribution in [0.25, 0.3) is 0 Å². The van der Waals surface area contributed by atoms with Crippen LogP contribution in [0.3, 0.4) is 0 Å². The molecule has 1 heterocycles. The van der Waals surface area contributed by atoms with Crippen LogP contribution in [0.4, 0.5) is 5.69 Å². The van der Waals surface area contributed by atoms with E-state index in [9.17, 15) is 13.2 Å². The summed E-state index contributed by atoms with van der Waals surface area (Å²) in [5.41, 5.74) is 2.05. The molecule has 2 aromatic carbocycles. The maximum atomic E-state index is 13.3. The highest BCUT2D eigenvalue weighted by atomic mass is 32.2. The van der Waals surface area contributed by atoms with E-state index in [1.807, 2.05) is 31.2 Å². The predicted octanol–water partition coefficient (Wildman–Crippen LogP) is 2.59. The molecular formula is C20H24N2O4S. The van der Waals surface area contributed by atoms with E-state index in [1.165, 1.54) is 16.4 Å². The summed E-state index contributed by atoms with van der Waals surface area (Å²) < 4.78 is 32.9. The van der Waals surface area contributed by atoms with Gasteiger partial charge in [-0.3, -0.25) is 9.10 Å². The molecule has 0 radical (unpaired) electrons. The molecule has 0 spiro atoms. The molecule has 1 atom stereocenters. The first-order valence-electron chi connectivity index (χ1n) is 8.94. The molecule has 1 aliphatic rings. The minimum atomic E-state index is -3.75. The zero-order chi connectivity index (χ0) is 19.4. The molecular weight excluding hydrogens is 364 g/mol. The van der Waals surface area contributed by atoms with E-state index in [4.69, 9.17) is 4.74 Å². The van der Waals surface area contributed by atoms with Crippen molar-refractivity contribution in [3.8, 4) is 0 Å². The van der Waals surface area contributed by atoms with Crippen molar-refractivity contribution in [1.82, 2.24) is 5.32 Å². The van der Waals surface area contributed by atoms with Gasteiger partial charge in [-0.2, -0.15) is 0 Å². The fourth-order valence-electron chi connectivity index (χ4n) is 3.34. The van der Waals surface area contributed by atoms with Gasteiger partial charge in [0.15, 0.2) is 0 Å². The molecule has 2 aromatic rings. The van der Waals surface area contributed by atoms with Gasteiger partial charge in [0.1, 0.15) is 0 Å². The molecule has 1 N–H and O–H groups in total. The fourth-order valence-corrected chi connectivity index (χ4v) is 5.07. The first-order valence-corrected chi connectivity index (χ1v) is 10.4. The molecule has 1 unspecified atom stereocenters. The number of ether oxygens (including phenoxy) is 1. The first-order chi connectivity index (χ1) is 12.9. The van der Waals surface area contributed by atoms with Crippen LogP contribution in [0.15, 0.2) is 53.4 Å². The van der Waals surface area contributed by atoms with Gasteiger partial charge in [-0.25, -0.2) is 8.42 Å². The Bertz CT molecular complexity index is 927. The number of rotatable bonds is 7. The lowest BCUT2D eigenvalue weighted by Crippen LogP contribution is -2.36. The molecule has 0 aromatic heterocycles. The van der Waals surface area contributed by atoms with Crippen LogP contribution in [-0.2, 0) is 21.2 Å². The highest BCUT2D eigenvalue weighted by molar-refractivity contribution is 7.92. The Labute approximate surface area is 160 Å². The number of anilines is 1. The molecule has 27 heavy (non-hydrogen) atoms. The summed E-state index contributed by atoms with van der Waals surface area (Å²) in [6, 6.07) is 13.5. The van der Waals surface area contributed by atoms with Crippen LogP contribution in [0.1, 0.15) is 29.3 Å². The fraction of sp³-hybridized carbons (Fsp3) is 0.350. The highest BCUT2D eigenvalue weighted by Gasteiger charge is 2.36. The summed E-state index contributed by atoms with van der Waals surface area (Å²) in [6.45, 7) is 2.92. The Morgan fingerprint density at radius 2 is 2.00 bits per heavy atom. The number of methoxy groups -OCH3 is 1. The third-order valence-corrected chi connectivity index (χ3v) is 6.53. The van der Waals surface area contributed by atoms with E-state index < -0.39 is 10.0 Å². The minimum absolute atomic E-state index is 0.121. The van der Waals surface area contributed by atoms with Crippen LogP contribution in [0.5, 0.6) is 0 Å². The number of nitrogens with one attached hydrogen (secondary N) is 1. The van der Waals surface area contributed by atoms with Gasteiger partial charge in [-0.15, -0.1) is 0 Å². The Balaban J connectivity index is 1.85. The number of hydrogen-bond acceptors (Lipinski definition) is 4. The summed E-state index contributed by atoms with van der Waals surface area (Å²) >= 11 is 0. The van der Waals surface area contributed by atoms with Gasteiger partial charge >= 0.3 is 0 Å². The maximum Gasteiger partial charge on any atom is 0.264 e. The number of benzene rings is 2. The van der Waals surface area contributed by atoms with Gasteiger partial charge < -0.3 is 10.1 Å². The van der Waals surface area contributed by atoms with Crippen LogP contribution < -0.4 is 9.62 Å². The number of amides is 1. The first kappa shape index (κ1) is 19.4. The molecule has 0 saturated heterocycles. The molecule has 0 aliphatic carbocycles. The summed E-state index contributed by atoms with van der Waals surface area (Å²) in [5, 5.41) is 2.78. The van der Waals surface area contributed by atoms with Crippen molar-refractivity contribution in [2.45, 2.75) is 30.7 Å². The molecule has 6 nitrogen and oxygen atoms in total. The zero-order valence-electron chi connectivity index (χ0n) is 15.5. The molecule has 0 fully saturated rings. The maximum absolute atomic E-state index is 13.3. The number of para-hydroxylation sites is 1. The lowest BCUT2D eigenvalue weighted by molar-refractivity contribution is 0.0948. The second-order valence-electron chi connectivity index (χ2n) is 6.61. The number of carbonyl (C=O) groups is 1. The van der Waals surface area contributed by atoms with Crippen molar-refractivity contribution < 1.29 is 17.9 Å². The summed E-state index contributed by atoms with van der Waals surface area (Å²) in [7, 11) is -2.15. The van der Waals surface area contributed by atoms with E-state index in [-0.39, 0.29) is 16.8 Å². The van der Waals surface area contributed by atoms with E-state index >= 15 is 0 Å². The van der Waals surface area contributed by atoms with Gasteiger partial charge in [0.25, 0.3) is 15.9 Å². The second kappa shape index (κ2) is 8.10. The van der Waals surface area contributed by atoms with Crippen molar-refractivity contribution in [2.24, 2.45) is 0 Å². The quantitative estimate of drug-likeness (QED) is 0.740. The lowest BCUT2D eigenvalue weighted by Gasteiger charge is -2.24. The number of fused-ring (bicyclic) bond motifs is 1. The molecule has 144 valence electrons. The van der Waals surface area contributed by atoms with E-state index in [0.29, 0.717) is 37.2 Å². The normalized spacial score (nSPS) is 16.2. The largest absolute Gasteiger partial charge is 0.385 e. The van der Waals surface area contributed by atoms with Gasteiger partial charge in [-0.1, -0.05) is 24.3 Å². The predicted molar refractivity (Wildman–Crippen MR) is 105 cm³/mol. The Morgan fingerprint density at radius 3 is 2.78 bits per heavy atom. The highest BCUT2D eigenvalue weighted by Crippen LogP contribution is 2.36. The monoisotopic (exact) mass is 388 g/mol. The van der Waals surface area contributed by atoms with E-state index in [0.717, 1.165) is 5.56 Å². The van der Waals surface area contributed by atoms with Gasteiger partial charge in [-0.05, 0) is 49.6 Å². The Morgan fingerprint density at radius 1 is 1.22 bits per heavy atom. The number of hydrogen-bond donors (Lipinski definition) is 1. The molecule has 0 bridgehead atoms. The Kier molecular flexibility index (Phi) is 5.82. The smallest absolute Gasteiger partial charge is 0.264 e. The van der Waals surface area contributed by atoms with Gasteiger partial charge in [0.05, 0.1) is 10.6 Å². The second-order valence-corrected chi connectivity index (χ2v) is 8.43. The lowest BCUT2D eigenvalue weighted by atomic mass is 10.1. The van der Waals surface area contributed by atoms with Gasteiger partial charge in [0, 0.05) is 31.9 Å². The number of sulfonamides is 1. The SMILES string of the molecule is COCCCNC(=O)c1cccc(S(=O)(=O)N2c3ccccc3CC2C)c1. The minimum Gasteiger partial charge on any atom is -0.385 e. The van der Waals surface area contributed by atoms with Crippen LogP contribution in [0.2, 0.25) is 0 Å². The zero-order valence-corrected chi connectivity index (χ0v) is 16.3. The molecule has 1 aliphatic heterocycles. The van der Waals surface area contributed by atoms with Gasteiger partial charge in [0.2, 0.25) is 0 Å². The molecule has 1 amide bonds. The molecule has 0 saturated carbocycles. The number of nitrogens with zero attached hydrogens (tertiary/aromatic N) is 1. The average Bonchev–Trinajstić information content (AvgIpc) is 3.01. The van der Waals surface area contributed by atoms with Crippen LogP contribution in [0, 0.1) is 0 Å². The molecule has 3 rings (SSSR count). The Hall–Kier alpha value is -2.38. The van der Waals surface area contributed by atoms with E-state index in [2.05, 4.69) is 5.32 Å². The van der Waals surface area contributed by atoms with Crippen molar-refractivity contribution in [3.63, 3.8) is 0 Å². The molecule has 7 heteroatoms. The van der Waals surface area contributed by atoms with Crippen molar-refractivity contribution in [2.75, 3.05) is 24.6 Å². The van der Waals surface area contributed by atoms with Crippen molar-refractivity contribution in [3.05, 3.63) is 59.7 Å². The van der Waals surface area contributed by atoms with Crippen molar-refractivity contribution >= 4 is 21.6 Å². The van der Waals surface area contributed by atoms with Crippen LogP contribution >= 0.6 is 0 Å². The summed E-state index contributed by atoms with van der Waals surface area (Å²) in [5.74, 6) is -0.293. The van der Waals surface area contributed by atoms with E-state index in [1.54, 1.807) is 19.2 Å². The topological polar surface area (TPSA) is 75.7 Å². The average molecular weight is 388 g/mol. The third kappa shape index (κ3) is 3.99. The van der Waals surface area contributed by atoms with Crippen molar-refractivity contribution in [1.29, 1.82) is 0 Å². The summed E-state index contributed by atoms with van der Waals surface area (Å²) in [6.07, 6.45) is 1.37. The van der Waals surface area contributed by atoms with Crippen LogP contribution in [-0.4, -0.2) is 40.6 Å².